The fourth-order valence-corrected chi connectivity index (χ4v) is 1.94. The van der Waals surface area contributed by atoms with E-state index in [0.29, 0.717) is 12.0 Å². The molecule has 6 heteroatoms. The van der Waals surface area contributed by atoms with Gasteiger partial charge < -0.3 is 4.74 Å². The predicted octanol–water partition coefficient (Wildman–Crippen LogP) is 2.16. The van der Waals surface area contributed by atoms with E-state index in [1.165, 1.54) is 24.3 Å². The Morgan fingerprint density at radius 2 is 1.90 bits per heavy atom. The van der Waals surface area contributed by atoms with Crippen LogP contribution in [0, 0.1) is 5.82 Å². The van der Waals surface area contributed by atoms with Crippen LogP contribution in [0.1, 0.15) is 29.6 Å². The Morgan fingerprint density at radius 3 is 2.50 bits per heavy atom. The first-order valence-corrected chi connectivity index (χ1v) is 6.34. The first-order valence-electron chi connectivity index (χ1n) is 6.34. The van der Waals surface area contributed by atoms with Gasteiger partial charge in [0.25, 0.3) is 0 Å². The Bertz CT molecular complexity index is 526. The number of imide groups is 1. The zero-order chi connectivity index (χ0) is 14.5. The number of cyclic esters (lactones) is 1. The quantitative estimate of drug-likeness (QED) is 0.775. The van der Waals surface area contributed by atoms with E-state index in [2.05, 4.69) is 4.74 Å². The highest BCUT2D eigenvalue weighted by molar-refractivity contribution is 5.96. The molecule has 0 aliphatic carbocycles. The molecule has 5 nitrogen and oxygen atoms in total. The maximum Gasteiger partial charge on any atom is 0.416 e. The van der Waals surface area contributed by atoms with Gasteiger partial charge in [-0.2, -0.15) is 0 Å². The van der Waals surface area contributed by atoms with Crippen LogP contribution in [-0.4, -0.2) is 35.8 Å². The van der Waals surface area contributed by atoms with Crippen LogP contribution >= 0.6 is 0 Å². The van der Waals surface area contributed by atoms with E-state index in [0.717, 1.165) is 4.90 Å². The van der Waals surface area contributed by atoms with Crippen LogP contribution in [0.3, 0.4) is 0 Å². The number of rotatable bonds is 5. The largest absolute Gasteiger partial charge is 0.447 e. The Labute approximate surface area is 115 Å². The summed E-state index contributed by atoms with van der Waals surface area (Å²) in [6.07, 6.45) is 0.0149. The van der Waals surface area contributed by atoms with Gasteiger partial charge in [0.1, 0.15) is 12.4 Å². The molecule has 0 bridgehead atoms. The highest BCUT2D eigenvalue weighted by Crippen LogP contribution is 2.11. The summed E-state index contributed by atoms with van der Waals surface area (Å²) in [6.45, 7) is 0.489. The molecule has 1 aromatic carbocycles. The second-order valence-electron chi connectivity index (χ2n) is 4.44. The highest BCUT2D eigenvalue weighted by Gasteiger charge is 2.27. The van der Waals surface area contributed by atoms with Gasteiger partial charge in [0.15, 0.2) is 5.78 Å². The normalized spacial score (nSPS) is 14.2. The molecule has 1 aliphatic rings. The van der Waals surface area contributed by atoms with Gasteiger partial charge in [-0.05, 0) is 30.7 Å². The van der Waals surface area contributed by atoms with Crippen molar-refractivity contribution in [3.63, 3.8) is 0 Å². The van der Waals surface area contributed by atoms with Crippen LogP contribution in [0.15, 0.2) is 24.3 Å². The van der Waals surface area contributed by atoms with Gasteiger partial charge in [0.05, 0.1) is 6.54 Å². The van der Waals surface area contributed by atoms with E-state index in [9.17, 15) is 18.8 Å². The SMILES string of the molecule is O=C(CCCC(=O)N1CCOC1=O)c1ccc(F)cc1. The number of carbonyl (C=O) groups is 3. The molecule has 0 aromatic heterocycles. The lowest BCUT2D eigenvalue weighted by Crippen LogP contribution is -2.31. The van der Waals surface area contributed by atoms with Gasteiger partial charge in [-0.25, -0.2) is 14.1 Å². The van der Waals surface area contributed by atoms with Gasteiger partial charge in [-0.15, -0.1) is 0 Å². The standard InChI is InChI=1S/C14H14FNO4/c15-11-6-4-10(5-7-11)12(17)2-1-3-13(18)16-8-9-20-14(16)19/h4-7H,1-3,8-9H2. The van der Waals surface area contributed by atoms with Crippen LogP contribution < -0.4 is 0 Å². The number of carbonyl (C=O) groups excluding carboxylic acids is 3. The van der Waals surface area contributed by atoms with Crippen molar-refractivity contribution in [1.82, 2.24) is 4.90 Å². The van der Waals surface area contributed by atoms with Crippen molar-refractivity contribution in [3.05, 3.63) is 35.6 Å². The molecular weight excluding hydrogens is 265 g/mol. The van der Waals surface area contributed by atoms with Crippen LogP contribution in [0.4, 0.5) is 9.18 Å². The molecule has 0 unspecified atom stereocenters. The van der Waals surface area contributed by atoms with Crippen molar-refractivity contribution in [2.24, 2.45) is 0 Å². The Kier molecular flexibility index (Phi) is 4.45. The Hall–Kier alpha value is -2.24. The van der Waals surface area contributed by atoms with Crippen LogP contribution in [0.5, 0.6) is 0 Å². The lowest BCUT2D eigenvalue weighted by Gasteiger charge is -2.09. The molecule has 0 atom stereocenters. The van der Waals surface area contributed by atoms with Gasteiger partial charge in [0, 0.05) is 18.4 Å². The summed E-state index contributed by atoms with van der Waals surface area (Å²) in [5, 5.41) is 0. The van der Waals surface area contributed by atoms with Gasteiger partial charge in [-0.1, -0.05) is 0 Å². The van der Waals surface area contributed by atoms with Crippen molar-refractivity contribution in [2.45, 2.75) is 19.3 Å². The van der Waals surface area contributed by atoms with E-state index in [-0.39, 0.29) is 37.7 Å². The summed E-state index contributed by atoms with van der Waals surface area (Å²) in [6, 6.07) is 5.27. The number of ether oxygens (including phenoxy) is 1. The number of nitrogens with zero attached hydrogens (tertiary/aromatic N) is 1. The topological polar surface area (TPSA) is 63.7 Å². The molecule has 0 spiro atoms. The second-order valence-corrected chi connectivity index (χ2v) is 4.44. The smallest absolute Gasteiger partial charge is 0.416 e. The van der Waals surface area contributed by atoms with Crippen molar-refractivity contribution in [3.8, 4) is 0 Å². The Balaban J connectivity index is 1.78. The number of amides is 2. The van der Waals surface area contributed by atoms with Crippen molar-refractivity contribution in [1.29, 1.82) is 0 Å². The number of halogens is 1. The maximum atomic E-state index is 12.7. The molecule has 1 aliphatic heterocycles. The molecule has 20 heavy (non-hydrogen) atoms. The van der Waals surface area contributed by atoms with Crippen LogP contribution in [0.25, 0.3) is 0 Å². The molecule has 0 saturated carbocycles. The third-order valence-corrected chi connectivity index (χ3v) is 3.02. The molecule has 0 N–H and O–H groups in total. The molecule has 1 fully saturated rings. The van der Waals surface area contributed by atoms with Gasteiger partial charge in [-0.3, -0.25) is 9.59 Å². The molecule has 1 heterocycles. The van der Waals surface area contributed by atoms with Crippen LogP contribution in [0.2, 0.25) is 0 Å². The third-order valence-electron chi connectivity index (χ3n) is 3.02. The Morgan fingerprint density at radius 1 is 1.20 bits per heavy atom. The minimum Gasteiger partial charge on any atom is -0.447 e. The molecular formula is C14H14FNO4. The average Bonchev–Trinajstić information content (AvgIpc) is 2.85. The van der Waals surface area contributed by atoms with E-state index in [1.54, 1.807) is 0 Å². The first kappa shape index (κ1) is 14.2. The second kappa shape index (κ2) is 6.27. The summed E-state index contributed by atoms with van der Waals surface area (Å²) in [5.74, 6) is -0.884. The zero-order valence-electron chi connectivity index (χ0n) is 10.8. The summed E-state index contributed by atoms with van der Waals surface area (Å²) in [7, 11) is 0. The minimum absolute atomic E-state index is 0.113. The van der Waals surface area contributed by atoms with Gasteiger partial charge in [0.2, 0.25) is 5.91 Å². The summed E-state index contributed by atoms with van der Waals surface area (Å²) in [5.41, 5.74) is 0.416. The molecule has 106 valence electrons. The fraction of sp³-hybridized carbons (Fsp3) is 0.357. The monoisotopic (exact) mass is 279 g/mol. The number of ketones is 1. The van der Waals surface area contributed by atoms with Crippen LogP contribution in [-0.2, 0) is 9.53 Å². The number of hydrogen-bond acceptors (Lipinski definition) is 4. The number of Topliss-reactive ketones (excluding diaryl/α,β-unsaturated/α-hetero) is 1. The van der Waals surface area contributed by atoms with Gasteiger partial charge >= 0.3 is 6.09 Å². The lowest BCUT2D eigenvalue weighted by atomic mass is 10.1. The molecule has 1 saturated heterocycles. The predicted molar refractivity (Wildman–Crippen MR) is 67.6 cm³/mol. The molecule has 2 rings (SSSR count). The first-order chi connectivity index (χ1) is 9.58. The summed E-state index contributed by atoms with van der Waals surface area (Å²) < 4.78 is 17.4. The highest BCUT2D eigenvalue weighted by atomic mass is 19.1. The summed E-state index contributed by atoms with van der Waals surface area (Å²) >= 11 is 0. The summed E-state index contributed by atoms with van der Waals surface area (Å²) in [4.78, 5) is 35.7. The molecule has 0 radical (unpaired) electrons. The van der Waals surface area contributed by atoms with Crippen molar-refractivity contribution < 1.29 is 23.5 Å². The van der Waals surface area contributed by atoms with E-state index >= 15 is 0 Å². The van der Waals surface area contributed by atoms with E-state index in [1.807, 2.05) is 0 Å². The fourth-order valence-electron chi connectivity index (χ4n) is 1.94. The third kappa shape index (κ3) is 3.40. The number of benzene rings is 1. The van der Waals surface area contributed by atoms with Crippen molar-refractivity contribution in [2.75, 3.05) is 13.2 Å². The molecule has 2 amide bonds. The minimum atomic E-state index is -0.625. The lowest BCUT2D eigenvalue weighted by molar-refractivity contribution is -0.127. The van der Waals surface area contributed by atoms with E-state index in [4.69, 9.17) is 0 Å². The average molecular weight is 279 g/mol. The van der Waals surface area contributed by atoms with Crippen molar-refractivity contribution >= 4 is 17.8 Å². The molecule has 1 aromatic rings. The maximum absolute atomic E-state index is 12.7. The number of hydrogen-bond donors (Lipinski definition) is 0. The van der Waals surface area contributed by atoms with E-state index < -0.39 is 11.9 Å². The zero-order valence-corrected chi connectivity index (χ0v) is 10.8.